The molecule has 3 heterocycles. The molecular formula is C21H27N5O2. The van der Waals surface area contributed by atoms with E-state index >= 15 is 0 Å². The molecule has 1 unspecified atom stereocenters. The van der Waals surface area contributed by atoms with E-state index in [4.69, 9.17) is 4.42 Å². The topological polar surface area (TPSA) is 76.2 Å². The Balaban J connectivity index is 1.56. The number of para-hydroxylation sites is 1. The third-order valence-corrected chi connectivity index (χ3v) is 5.46. The molecule has 1 aromatic carbocycles. The van der Waals surface area contributed by atoms with Crippen molar-refractivity contribution in [1.29, 1.82) is 0 Å². The maximum atomic E-state index is 13.2. The van der Waals surface area contributed by atoms with Crippen molar-refractivity contribution in [1.82, 2.24) is 25.2 Å². The molecule has 1 atom stereocenters. The van der Waals surface area contributed by atoms with Crippen LogP contribution in [0.25, 0.3) is 11.0 Å². The van der Waals surface area contributed by atoms with E-state index in [1.165, 1.54) is 0 Å². The molecule has 0 radical (unpaired) electrons. The lowest BCUT2D eigenvalue weighted by Gasteiger charge is -2.26. The Morgan fingerprint density at radius 3 is 2.89 bits per heavy atom. The molecule has 0 bridgehead atoms. The fourth-order valence-electron chi connectivity index (χ4n) is 3.85. The number of amides is 1. The van der Waals surface area contributed by atoms with Gasteiger partial charge in [-0.25, -0.2) is 4.68 Å². The average molecular weight is 381 g/mol. The average Bonchev–Trinajstić information content (AvgIpc) is 3.39. The van der Waals surface area contributed by atoms with E-state index in [0.29, 0.717) is 18.3 Å². The molecule has 3 aromatic rings. The number of benzene rings is 1. The minimum Gasteiger partial charge on any atom is -0.459 e. The van der Waals surface area contributed by atoms with Gasteiger partial charge < -0.3 is 14.6 Å². The fraction of sp³-hybridized carbons (Fsp3) is 0.476. The van der Waals surface area contributed by atoms with Crippen LogP contribution in [0.1, 0.15) is 61.4 Å². The van der Waals surface area contributed by atoms with Crippen molar-refractivity contribution in [3.63, 3.8) is 0 Å². The van der Waals surface area contributed by atoms with Gasteiger partial charge in [0.15, 0.2) is 5.69 Å². The van der Waals surface area contributed by atoms with Crippen molar-refractivity contribution in [3.8, 4) is 0 Å². The van der Waals surface area contributed by atoms with Crippen LogP contribution in [0.3, 0.4) is 0 Å². The van der Waals surface area contributed by atoms with Crippen LogP contribution in [-0.4, -0.2) is 45.4 Å². The molecular weight excluding hydrogens is 354 g/mol. The predicted octanol–water partition coefficient (Wildman–Crippen LogP) is 3.56. The van der Waals surface area contributed by atoms with Gasteiger partial charge in [-0.3, -0.25) is 4.79 Å². The lowest BCUT2D eigenvalue weighted by Crippen LogP contribution is -2.34. The van der Waals surface area contributed by atoms with Gasteiger partial charge in [-0.15, -0.1) is 5.10 Å². The summed E-state index contributed by atoms with van der Waals surface area (Å²) in [5, 5.41) is 12.8. The Morgan fingerprint density at radius 2 is 2.14 bits per heavy atom. The first-order valence-corrected chi connectivity index (χ1v) is 10.1. The van der Waals surface area contributed by atoms with Gasteiger partial charge in [0.1, 0.15) is 11.3 Å². The summed E-state index contributed by atoms with van der Waals surface area (Å²) in [6.07, 6.45) is 4.67. The van der Waals surface area contributed by atoms with E-state index in [1.807, 2.05) is 46.8 Å². The second kappa shape index (κ2) is 8.14. The Hall–Kier alpha value is -2.67. The summed E-state index contributed by atoms with van der Waals surface area (Å²) in [5.74, 6) is 0.684. The van der Waals surface area contributed by atoms with Gasteiger partial charge in [0, 0.05) is 11.9 Å². The van der Waals surface area contributed by atoms with Crippen molar-refractivity contribution in [2.24, 2.45) is 0 Å². The largest absolute Gasteiger partial charge is 0.459 e. The molecule has 0 spiro atoms. The highest BCUT2D eigenvalue weighted by molar-refractivity contribution is 5.92. The minimum atomic E-state index is -0.177. The van der Waals surface area contributed by atoms with Crippen molar-refractivity contribution in [2.45, 2.75) is 45.2 Å². The molecule has 1 amide bonds. The number of carbonyl (C=O) groups excluding carboxylic acids is 1. The van der Waals surface area contributed by atoms with E-state index < -0.39 is 0 Å². The van der Waals surface area contributed by atoms with Crippen molar-refractivity contribution >= 4 is 16.9 Å². The highest BCUT2D eigenvalue weighted by Gasteiger charge is 2.27. The van der Waals surface area contributed by atoms with Gasteiger partial charge in [-0.05, 0) is 51.4 Å². The molecule has 7 nitrogen and oxygen atoms in total. The monoisotopic (exact) mass is 381 g/mol. The van der Waals surface area contributed by atoms with Crippen molar-refractivity contribution in [2.75, 3.05) is 19.6 Å². The first-order valence-electron chi connectivity index (χ1n) is 10.1. The SMILES string of the molecule is CCCN(C(=O)c1cn(C2CCNCC2)nn1)C(C)c1cc2ccccc2o1. The number of hydrogen-bond acceptors (Lipinski definition) is 5. The molecule has 1 aliphatic rings. The summed E-state index contributed by atoms with van der Waals surface area (Å²) in [7, 11) is 0. The standard InChI is InChI=1S/C21H27N5O2/c1-3-12-25(15(2)20-13-16-6-4-5-7-19(16)28-20)21(27)18-14-26(24-23-18)17-8-10-22-11-9-17/h4-7,13-15,17,22H,3,8-12H2,1-2H3. The zero-order valence-electron chi connectivity index (χ0n) is 16.5. The maximum Gasteiger partial charge on any atom is 0.276 e. The summed E-state index contributed by atoms with van der Waals surface area (Å²) in [5.41, 5.74) is 1.24. The van der Waals surface area contributed by atoms with Crippen LogP contribution in [0.5, 0.6) is 0 Å². The molecule has 1 aliphatic heterocycles. The summed E-state index contributed by atoms with van der Waals surface area (Å²) in [6, 6.07) is 10.1. The second-order valence-corrected chi connectivity index (χ2v) is 7.43. The van der Waals surface area contributed by atoms with E-state index in [1.54, 1.807) is 6.20 Å². The van der Waals surface area contributed by atoms with Crippen LogP contribution in [0, 0.1) is 0 Å². The Labute approximate surface area is 164 Å². The number of nitrogens with one attached hydrogen (secondary N) is 1. The molecule has 1 fully saturated rings. The smallest absolute Gasteiger partial charge is 0.276 e. The number of hydrogen-bond donors (Lipinski definition) is 1. The second-order valence-electron chi connectivity index (χ2n) is 7.43. The molecule has 28 heavy (non-hydrogen) atoms. The lowest BCUT2D eigenvalue weighted by atomic mass is 10.1. The van der Waals surface area contributed by atoms with Crippen LogP contribution in [-0.2, 0) is 0 Å². The quantitative estimate of drug-likeness (QED) is 0.706. The van der Waals surface area contributed by atoms with E-state index in [9.17, 15) is 4.79 Å². The van der Waals surface area contributed by atoms with Gasteiger partial charge in [0.2, 0.25) is 0 Å². The summed E-state index contributed by atoms with van der Waals surface area (Å²) < 4.78 is 7.85. The summed E-state index contributed by atoms with van der Waals surface area (Å²) in [6.45, 7) is 6.65. The van der Waals surface area contributed by atoms with E-state index in [0.717, 1.165) is 49.1 Å². The number of aromatic nitrogens is 3. The number of furan rings is 1. The van der Waals surface area contributed by atoms with Crippen LogP contribution in [0.2, 0.25) is 0 Å². The molecule has 2 aromatic heterocycles. The number of rotatable bonds is 6. The third-order valence-electron chi connectivity index (χ3n) is 5.46. The predicted molar refractivity (Wildman–Crippen MR) is 107 cm³/mol. The Bertz CT molecular complexity index is 908. The first-order chi connectivity index (χ1) is 13.7. The Morgan fingerprint density at radius 1 is 1.36 bits per heavy atom. The summed E-state index contributed by atoms with van der Waals surface area (Å²) >= 11 is 0. The maximum absolute atomic E-state index is 13.2. The molecule has 0 aliphatic carbocycles. The molecule has 7 heteroatoms. The number of carbonyl (C=O) groups is 1. The molecule has 1 N–H and O–H groups in total. The highest BCUT2D eigenvalue weighted by atomic mass is 16.3. The number of nitrogens with zero attached hydrogens (tertiary/aromatic N) is 4. The molecule has 148 valence electrons. The van der Waals surface area contributed by atoms with Crippen LogP contribution < -0.4 is 5.32 Å². The van der Waals surface area contributed by atoms with Gasteiger partial charge in [0.25, 0.3) is 5.91 Å². The molecule has 4 rings (SSSR count). The van der Waals surface area contributed by atoms with Crippen LogP contribution in [0.15, 0.2) is 40.9 Å². The number of fused-ring (bicyclic) bond motifs is 1. The lowest BCUT2D eigenvalue weighted by molar-refractivity contribution is 0.0666. The fourth-order valence-corrected chi connectivity index (χ4v) is 3.85. The van der Waals surface area contributed by atoms with Gasteiger partial charge in [-0.2, -0.15) is 0 Å². The van der Waals surface area contributed by atoms with Gasteiger partial charge in [-0.1, -0.05) is 30.3 Å². The molecule has 0 saturated carbocycles. The van der Waals surface area contributed by atoms with E-state index in [2.05, 4.69) is 22.6 Å². The van der Waals surface area contributed by atoms with Gasteiger partial charge in [0.05, 0.1) is 18.3 Å². The summed E-state index contributed by atoms with van der Waals surface area (Å²) in [4.78, 5) is 15.0. The zero-order chi connectivity index (χ0) is 19.5. The van der Waals surface area contributed by atoms with Crippen LogP contribution in [0.4, 0.5) is 0 Å². The number of piperidine rings is 1. The third kappa shape index (κ3) is 3.67. The van der Waals surface area contributed by atoms with Crippen LogP contribution >= 0.6 is 0 Å². The first kappa shape index (κ1) is 18.7. The Kier molecular flexibility index (Phi) is 5.43. The van der Waals surface area contributed by atoms with Gasteiger partial charge >= 0.3 is 0 Å². The molecule has 1 saturated heterocycles. The minimum absolute atomic E-state index is 0.102. The highest BCUT2D eigenvalue weighted by Crippen LogP contribution is 2.28. The normalized spacial score (nSPS) is 16.4. The van der Waals surface area contributed by atoms with E-state index in [-0.39, 0.29) is 11.9 Å². The van der Waals surface area contributed by atoms with Crippen molar-refractivity contribution in [3.05, 3.63) is 48.0 Å². The van der Waals surface area contributed by atoms with Crippen molar-refractivity contribution < 1.29 is 9.21 Å². The zero-order valence-corrected chi connectivity index (χ0v) is 16.5.